The van der Waals surface area contributed by atoms with Crippen LogP contribution in [0.5, 0.6) is 0 Å². The van der Waals surface area contributed by atoms with E-state index >= 15 is 0 Å². The molecule has 104 valence electrons. The highest BCUT2D eigenvalue weighted by atomic mass is 32.1. The van der Waals surface area contributed by atoms with Gasteiger partial charge in [0.15, 0.2) is 0 Å². The summed E-state index contributed by atoms with van der Waals surface area (Å²) in [6, 6.07) is 0. The molecule has 0 bridgehead atoms. The van der Waals surface area contributed by atoms with Crippen molar-refractivity contribution in [2.45, 2.75) is 38.0 Å². The number of aromatic nitrogens is 2. The molecule has 4 rings (SSSR count). The van der Waals surface area contributed by atoms with E-state index in [1.165, 1.54) is 32.1 Å². The van der Waals surface area contributed by atoms with Crippen LogP contribution in [0.25, 0.3) is 0 Å². The molecular weight excluding hydrogens is 258 g/mol. The molecule has 0 amide bonds. The number of hydrogen-bond donors (Lipinski definition) is 1. The van der Waals surface area contributed by atoms with Gasteiger partial charge in [0.25, 0.3) is 0 Å². The van der Waals surface area contributed by atoms with Gasteiger partial charge in [-0.15, -0.1) is 0 Å². The Hall–Kier alpha value is -0.680. The third-order valence-electron chi connectivity index (χ3n) is 5.25. The van der Waals surface area contributed by atoms with E-state index in [1.54, 1.807) is 11.5 Å². The van der Waals surface area contributed by atoms with Crippen LogP contribution in [-0.2, 0) is 0 Å². The minimum absolute atomic E-state index is 0.368. The topological polar surface area (TPSA) is 49.2 Å². The molecular formula is C14H21N3OS. The number of nitrogens with zero attached hydrogens (tertiary/aromatic N) is 3. The van der Waals surface area contributed by atoms with Crippen molar-refractivity contribution in [3.8, 4) is 0 Å². The van der Waals surface area contributed by atoms with Gasteiger partial charge in [-0.2, -0.15) is 4.37 Å². The zero-order valence-electron chi connectivity index (χ0n) is 11.2. The summed E-state index contributed by atoms with van der Waals surface area (Å²) in [5, 5.41) is 10.3. The van der Waals surface area contributed by atoms with E-state index in [1.807, 2.05) is 0 Å². The minimum Gasteiger partial charge on any atom is -0.396 e. The smallest absolute Gasteiger partial charge is 0.205 e. The number of rotatable bonds is 3. The van der Waals surface area contributed by atoms with Crippen LogP contribution in [-0.4, -0.2) is 34.2 Å². The van der Waals surface area contributed by atoms with Gasteiger partial charge in [0.2, 0.25) is 5.13 Å². The third kappa shape index (κ3) is 2.07. The lowest BCUT2D eigenvalue weighted by molar-refractivity contribution is 0.260. The maximum Gasteiger partial charge on any atom is 0.205 e. The molecule has 3 aliphatic rings. The Bertz CT molecular complexity index is 445. The van der Waals surface area contributed by atoms with E-state index < -0.39 is 0 Å². The lowest BCUT2D eigenvalue weighted by Gasteiger charge is -2.19. The molecule has 0 spiro atoms. The second-order valence-electron chi connectivity index (χ2n) is 6.35. The van der Waals surface area contributed by atoms with Crippen molar-refractivity contribution in [2.75, 3.05) is 24.6 Å². The van der Waals surface area contributed by atoms with Crippen LogP contribution < -0.4 is 4.90 Å². The Balaban J connectivity index is 1.42. The van der Waals surface area contributed by atoms with Crippen LogP contribution >= 0.6 is 11.5 Å². The van der Waals surface area contributed by atoms with Crippen molar-refractivity contribution in [3.63, 3.8) is 0 Å². The summed E-state index contributed by atoms with van der Waals surface area (Å²) in [7, 11) is 0. The van der Waals surface area contributed by atoms with Crippen LogP contribution in [0.2, 0.25) is 0 Å². The van der Waals surface area contributed by atoms with Gasteiger partial charge in [-0.3, -0.25) is 0 Å². The Morgan fingerprint density at radius 3 is 2.58 bits per heavy atom. The second-order valence-corrected chi connectivity index (χ2v) is 7.08. The first-order valence-electron chi connectivity index (χ1n) is 7.56. The van der Waals surface area contributed by atoms with E-state index in [0.717, 1.165) is 24.0 Å². The quantitative estimate of drug-likeness (QED) is 0.922. The van der Waals surface area contributed by atoms with E-state index in [4.69, 9.17) is 4.98 Å². The molecule has 2 heterocycles. The average Bonchev–Trinajstić information content (AvgIpc) is 2.89. The van der Waals surface area contributed by atoms with Gasteiger partial charge in [-0.25, -0.2) is 4.98 Å². The maximum atomic E-state index is 9.20. The Morgan fingerprint density at radius 1 is 1.16 bits per heavy atom. The summed E-state index contributed by atoms with van der Waals surface area (Å²) in [5.41, 5.74) is 0. The van der Waals surface area contributed by atoms with E-state index in [9.17, 15) is 5.11 Å². The standard InChI is InChI=1S/C14H21N3OS/c18-8-12-10-6-17(7-11(10)12)14-15-13(16-19-14)9-4-2-1-3-5-9/h9-12,18H,1-8H2/t10-,11+,12?. The molecule has 0 aromatic carbocycles. The molecule has 2 aliphatic carbocycles. The van der Waals surface area contributed by atoms with Gasteiger partial charge in [-0.05, 0) is 30.6 Å². The molecule has 5 heteroatoms. The number of hydrogen-bond acceptors (Lipinski definition) is 5. The molecule has 1 N–H and O–H groups in total. The van der Waals surface area contributed by atoms with Gasteiger partial charge < -0.3 is 10.0 Å². The molecule has 0 radical (unpaired) electrons. The number of aliphatic hydroxyl groups excluding tert-OH is 1. The SMILES string of the molecule is OCC1[C@H]2CN(c3nc(C4CCCCC4)ns3)C[C@@H]12. The first-order chi connectivity index (χ1) is 9.36. The van der Waals surface area contributed by atoms with Crippen molar-refractivity contribution in [3.05, 3.63) is 5.82 Å². The molecule has 2 saturated carbocycles. The fraction of sp³-hybridized carbons (Fsp3) is 0.857. The van der Waals surface area contributed by atoms with Crippen molar-refractivity contribution in [1.29, 1.82) is 0 Å². The lowest BCUT2D eigenvalue weighted by Crippen LogP contribution is -2.24. The van der Waals surface area contributed by atoms with Crippen molar-refractivity contribution in [1.82, 2.24) is 9.36 Å². The number of anilines is 1. The van der Waals surface area contributed by atoms with Crippen LogP contribution in [0.1, 0.15) is 43.8 Å². The number of aliphatic hydroxyl groups is 1. The summed E-state index contributed by atoms with van der Waals surface area (Å²) in [5.74, 6) is 3.71. The van der Waals surface area contributed by atoms with Gasteiger partial charge in [-0.1, -0.05) is 19.3 Å². The molecule has 4 nitrogen and oxygen atoms in total. The van der Waals surface area contributed by atoms with Crippen LogP contribution in [0, 0.1) is 17.8 Å². The highest BCUT2D eigenvalue weighted by molar-refractivity contribution is 7.09. The van der Waals surface area contributed by atoms with E-state index in [-0.39, 0.29) is 0 Å². The van der Waals surface area contributed by atoms with Gasteiger partial charge in [0.05, 0.1) is 0 Å². The van der Waals surface area contributed by atoms with E-state index in [0.29, 0.717) is 30.3 Å². The Labute approximate surface area is 118 Å². The molecule has 1 aromatic rings. The number of piperidine rings is 1. The van der Waals surface area contributed by atoms with Crippen LogP contribution in [0.3, 0.4) is 0 Å². The van der Waals surface area contributed by atoms with Crippen LogP contribution in [0.4, 0.5) is 5.13 Å². The molecule has 1 aliphatic heterocycles. The molecule has 3 fully saturated rings. The predicted octanol–water partition coefficient (Wildman–Crippen LogP) is 2.26. The average molecular weight is 279 g/mol. The third-order valence-corrected chi connectivity index (χ3v) is 6.05. The largest absolute Gasteiger partial charge is 0.396 e. The minimum atomic E-state index is 0.368. The van der Waals surface area contributed by atoms with Gasteiger partial charge in [0, 0.05) is 37.1 Å². The molecule has 19 heavy (non-hydrogen) atoms. The summed E-state index contributed by atoms with van der Waals surface area (Å²) in [6.07, 6.45) is 6.60. The zero-order valence-corrected chi connectivity index (χ0v) is 12.0. The highest BCUT2D eigenvalue weighted by Crippen LogP contribution is 2.52. The molecule has 1 unspecified atom stereocenters. The van der Waals surface area contributed by atoms with Crippen molar-refractivity contribution >= 4 is 16.7 Å². The molecule has 1 saturated heterocycles. The fourth-order valence-corrected chi connectivity index (χ4v) is 4.72. The summed E-state index contributed by atoms with van der Waals surface area (Å²) < 4.78 is 4.60. The molecule has 3 atom stereocenters. The van der Waals surface area contributed by atoms with Gasteiger partial charge in [0.1, 0.15) is 5.82 Å². The summed E-state index contributed by atoms with van der Waals surface area (Å²) >= 11 is 1.57. The summed E-state index contributed by atoms with van der Waals surface area (Å²) in [6.45, 7) is 2.52. The Kier molecular flexibility index (Phi) is 2.99. The first kappa shape index (κ1) is 12.1. The second kappa shape index (κ2) is 4.70. The normalized spacial score (nSPS) is 34.6. The zero-order chi connectivity index (χ0) is 12.8. The van der Waals surface area contributed by atoms with Crippen molar-refractivity contribution in [2.24, 2.45) is 17.8 Å². The van der Waals surface area contributed by atoms with Crippen molar-refractivity contribution < 1.29 is 5.11 Å². The number of fused-ring (bicyclic) bond motifs is 1. The maximum absolute atomic E-state index is 9.20. The predicted molar refractivity (Wildman–Crippen MR) is 75.5 cm³/mol. The van der Waals surface area contributed by atoms with Gasteiger partial charge >= 0.3 is 0 Å². The summed E-state index contributed by atoms with van der Waals surface area (Å²) in [4.78, 5) is 7.17. The monoisotopic (exact) mass is 279 g/mol. The molecule has 1 aromatic heterocycles. The lowest BCUT2D eigenvalue weighted by atomic mass is 9.89. The highest BCUT2D eigenvalue weighted by Gasteiger charge is 2.55. The Morgan fingerprint density at radius 2 is 1.89 bits per heavy atom. The first-order valence-corrected chi connectivity index (χ1v) is 8.33. The van der Waals surface area contributed by atoms with E-state index in [2.05, 4.69) is 9.27 Å². The van der Waals surface area contributed by atoms with Crippen LogP contribution in [0.15, 0.2) is 0 Å². The fourth-order valence-electron chi connectivity index (χ4n) is 3.96.